The minimum Gasteiger partial charge on any atom is -0.481 e. The van der Waals surface area contributed by atoms with Gasteiger partial charge in [-0.2, -0.15) is 4.98 Å². The van der Waals surface area contributed by atoms with Gasteiger partial charge in [-0.3, -0.25) is 14.4 Å². The summed E-state index contributed by atoms with van der Waals surface area (Å²) in [6.07, 6.45) is -0.688. The van der Waals surface area contributed by atoms with Gasteiger partial charge in [0.15, 0.2) is 0 Å². The second kappa shape index (κ2) is 10.9. The van der Waals surface area contributed by atoms with E-state index in [9.17, 15) is 19.2 Å². The minimum absolute atomic E-state index is 0.00595. The van der Waals surface area contributed by atoms with Crippen LogP contribution in [0.1, 0.15) is 34.3 Å². The Morgan fingerprint density at radius 2 is 1.66 bits per heavy atom. The number of aliphatic carboxylic acids is 2. The predicted molar refractivity (Wildman–Crippen MR) is 124 cm³/mol. The van der Waals surface area contributed by atoms with Crippen molar-refractivity contribution in [3.8, 4) is 0 Å². The molecule has 1 aromatic heterocycles. The number of hydrogen-bond acceptors (Lipinski definition) is 9. The van der Waals surface area contributed by atoms with Gasteiger partial charge >= 0.3 is 17.9 Å². The Morgan fingerprint density at radius 3 is 2.31 bits per heavy atom. The number of esters is 1. The van der Waals surface area contributed by atoms with Gasteiger partial charge in [-0.05, 0) is 41.8 Å². The lowest BCUT2D eigenvalue weighted by Crippen LogP contribution is -2.41. The Balaban J connectivity index is 1.55. The Kier molecular flexibility index (Phi) is 7.77. The van der Waals surface area contributed by atoms with Crippen LogP contribution in [0.2, 0.25) is 0 Å². The average Bonchev–Trinajstić information content (AvgIpc) is 2.80. The summed E-state index contributed by atoms with van der Waals surface area (Å²) in [5.74, 6) is -3.36. The van der Waals surface area contributed by atoms with E-state index in [1.54, 1.807) is 30.3 Å². The van der Waals surface area contributed by atoms with Gasteiger partial charge in [0.05, 0.1) is 11.9 Å². The zero-order valence-electron chi connectivity index (χ0n) is 18.4. The molecule has 1 heterocycles. The number of nitrogen functional groups attached to an aromatic ring is 2. The predicted octanol–water partition coefficient (Wildman–Crippen LogP) is 1.13. The third-order valence-electron chi connectivity index (χ3n) is 5.02. The van der Waals surface area contributed by atoms with E-state index in [-0.39, 0.29) is 36.8 Å². The van der Waals surface area contributed by atoms with E-state index in [1.165, 1.54) is 12.1 Å². The van der Waals surface area contributed by atoms with Crippen LogP contribution in [0.15, 0.2) is 42.5 Å². The lowest BCUT2D eigenvalue weighted by atomic mass is 10.1. The van der Waals surface area contributed by atoms with Gasteiger partial charge in [0.2, 0.25) is 5.95 Å². The molecule has 0 bridgehead atoms. The first kappa shape index (κ1) is 24.9. The van der Waals surface area contributed by atoms with Gasteiger partial charge in [0.1, 0.15) is 18.5 Å². The van der Waals surface area contributed by atoms with Crippen LogP contribution in [0.4, 0.5) is 11.8 Å². The number of aromatic nitrogens is 2. The van der Waals surface area contributed by atoms with Gasteiger partial charge in [0.25, 0.3) is 5.91 Å². The minimum atomic E-state index is -1.33. The number of nitrogens with one attached hydrogen (secondary N) is 1. The van der Waals surface area contributed by atoms with E-state index < -0.39 is 36.3 Å². The molecule has 1 amide bonds. The second-order valence-electron chi connectivity index (χ2n) is 7.65. The van der Waals surface area contributed by atoms with Crippen LogP contribution in [0.5, 0.6) is 0 Å². The number of amides is 1. The molecular formula is C23H23N5O7. The second-order valence-corrected chi connectivity index (χ2v) is 7.65. The maximum absolute atomic E-state index is 12.3. The van der Waals surface area contributed by atoms with Gasteiger partial charge in [-0.25, -0.2) is 9.78 Å². The summed E-state index contributed by atoms with van der Waals surface area (Å²) in [7, 11) is 0. The van der Waals surface area contributed by atoms with E-state index in [1.807, 2.05) is 0 Å². The van der Waals surface area contributed by atoms with Crippen molar-refractivity contribution < 1.29 is 34.1 Å². The number of rotatable bonds is 10. The van der Waals surface area contributed by atoms with Gasteiger partial charge in [-0.1, -0.05) is 18.2 Å². The van der Waals surface area contributed by atoms with Crippen LogP contribution in [0.3, 0.4) is 0 Å². The highest BCUT2D eigenvalue weighted by atomic mass is 16.5. The standard InChI is InChI=1S/C23H23N5O7/c24-20-15-9-13(3-6-16(15)27-23(25)28-20)11-35-19(31)10-12-1-4-14(5-2-12)21(32)26-17(22(33)34)7-8-18(29)30/h1-6,9,17H,7-8,10-11H2,(H,26,32)(H,29,30)(H,33,34)(H4,24,25,27,28). The molecule has 1 atom stereocenters. The molecular weight excluding hydrogens is 458 g/mol. The van der Waals surface area contributed by atoms with Gasteiger partial charge in [0, 0.05) is 17.4 Å². The number of hydrogen-bond donors (Lipinski definition) is 5. The number of benzene rings is 2. The maximum atomic E-state index is 12.3. The molecule has 0 saturated carbocycles. The third-order valence-corrected chi connectivity index (χ3v) is 5.02. The number of ether oxygens (including phenoxy) is 1. The van der Waals surface area contributed by atoms with E-state index >= 15 is 0 Å². The Hall–Kier alpha value is -4.74. The van der Waals surface area contributed by atoms with Crippen molar-refractivity contribution in [1.82, 2.24) is 15.3 Å². The first-order valence-electron chi connectivity index (χ1n) is 10.4. The van der Waals surface area contributed by atoms with E-state index in [0.29, 0.717) is 22.0 Å². The average molecular weight is 481 g/mol. The highest BCUT2D eigenvalue weighted by molar-refractivity contribution is 5.96. The fourth-order valence-electron chi connectivity index (χ4n) is 3.23. The SMILES string of the molecule is Nc1nc(N)c2cc(COC(=O)Cc3ccc(C(=O)NC(CCC(=O)O)C(=O)O)cc3)ccc2n1. The summed E-state index contributed by atoms with van der Waals surface area (Å²) in [5, 5.41) is 20.7. The topological polar surface area (TPSA) is 208 Å². The van der Waals surface area contributed by atoms with Crippen molar-refractivity contribution in [1.29, 1.82) is 0 Å². The maximum Gasteiger partial charge on any atom is 0.326 e. The summed E-state index contributed by atoms with van der Waals surface area (Å²) in [5.41, 5.74) is 13.5. The summed E-state index contributed by atoms with van der Waals surface area (Å²) >= 11 is 0. The number of nitrogens with zero attached hydrogens (tertiary/aromatic N) is 2. The van der Waals surface area contributed by atoms with Crippen LogP contribution in [0.25, 0.3) is 10.9 Å². The first-order chi connectivity index (χ1) is 16.6. The third kappa shape index (κ3) is 6.87. The largest absolute Gasteiger partial charge is 0.481 e. The molecule has 12 heteroatoms. The van der Waals surface area contributed by atoms with Crippen molar-refractivity contribution in [3.63, 3.8) is 0 Å². The van der Waals surface area contributed by atoms with Gasteiger partial charge < -0.3 is 31.7 Å². The molecule has 0 aliphatic rings. The number of carbonyl (C=O) groups is 4. The van der Waals surface area contributed by atoms with E-state index in [4.69, 9.17) is 26.4 Å². The van der Waals surface area contributed by atoms with Crippen LogP contribution in [-0.2, 0) is 32.1 Å². The van der Waals surface area contributed by atoms with Crippen LogP contribution >= 0.6 is 0 Å². The molecule has 0 saturated heterocycles. The molecule has 12 nitrogen and oxygen atoms in total. The molecule has 182 valence electrons. The monoisotopic (exact) mass is 481 g/mol. The molecule has 3 aromatic rings. The smallest absolute Gasteiger partial charge is 0.326 e. The highest BCUT2D eigenvalue weighted by Crippen LogP contribution is 2.20. The van der Waals surface area contributed by atoms with Crippen molar-refractivity contribution in [2.45, 2.75) is 31.9 Å². The molecule has 1 unspecified atom stereocenters. The fraction of sp³-hybridized carbons (Fsp3) is 0.217. The zero-order chi connectivity index (χ0) is 25.5. The molecule has 0 radical (unpaired) electrons. The van der Waals surface area contributed by atoms with Crippen LogP contribution < -0.4 is 16.8 Å². The Bertz CT molecular complexity index is 1280. The lowest BCUT2D eigenvalue weighted by Gasteiger charge is -2.13. The van der Waals surface area contributed by atoms with Crippen molar-refractivity contribution in [3.05, 3.63) is 59.2 Å². The lowest BCUT2D eigenvalue weighted by molar-refractivity contribution is -0.144. The number of anilines is 2. The quantitative estimate of drug-likeness (QED) is 0.259. The molecule has 0 fully saturated rings. The summed E-state index contributed by atoms with van der Waals surface area (Å²) in [6.45, 7) is 0.00595. The molecule has 35 heavy (non-hydrogen) atoms. The summed E-state index contributed by atoms with van der Waals surface area (Å²) < 4.78 is 5.31. The first-order valence-corrected chi connectivity index (χ1v) is 10.4. The van der Waals surface area contributed by atoms with Crippen molar-refractivity contribution >= 4 is 46.5 Å². The van der Waals surface area contributed by atoms with Crippen LogP contribution in [-0.4, -0.2) is 50.0 Å². The normalized spacial score (nSPS) is 11.5. The Morgan fingerprint density at radius 1 is 0.971 bits per heavy atom. The van der Waals surface area contributed by atoms with Crippen molar-refractivity contribution in [2.24, 2.45) is 0 Å². The number of fused-ring (bicyclic) bond motifs is 1. The zero-order valence-corrected chi connectivity index (χ0v) is 18.4. The fourth-order valence-corrected chi connectivity index (χ4v) is 3.23. The molecule has 0 aliphatic carbocycles. The number of carboxylic acid groups (broad SMARTS) is 2. The molecule has 2 aromatic carbocycles. The Labute approximate surface area is 198 Å². The number of carbonyl (C=O) groups excluding carboxylic acids is 2. The van der Waals surface area contributed by atoms with Gasteiger partial charge in [-0.15, -0.1) is 0 Å². The van der Waals surface area contributed by atoms with E-state index in [0.717, 1.165) is 0 Å². The van der Waals surface area contributed by atoms with Crippen molar-refractivity contribution in [2.75, 3.05) is 11.5 Å². The summed E-state index contributed by atoms with van der Waals surface area (Å²) in [6, 6.07) is 9.78. The molecule has 7 N–H and O–H groups in total. The highest BCUT2D eigenvalue weighted by Gasteiger charge is 2.21. The number of nitrogens with two attached hydrogens (primary N) is 2. The number of carboxylic acids is 2. The molecule has 0 aliphatic heterocycles. The summed E-state index contributed by atoms with van der Waals surface area (Å²) in [4.78, 5) is 54.4. The van der Waals surface area contributed by atoms with Crippen LogP contribution in [0, 0.1) is 0 Å². The van der Waals surface area contributed by atoms with E-state index in [2.05, 4.69) is 15.3 Å². The molecule has 3 rings (SSSR count). The molecule has 0 spiro atoms.